The predicted molar refractivity (Wildman–Crippen MR) is 67.6 cm³/mol. The Bertz CT molecular complexity index is 180. The summed E-state index contributed by atoms with van der Waals surface area (Å²) in [6, 6.07) is 3.48. The van der Waals surface area contributed by atoms with E-state index in [0.717, 1.165) is 18.1 Å². The fourth-order valence-electron chi connectivity index (χ4n) is 1.80. The van der Waals surface area contributed by atoms with Crippen LogP contribution in [0.15, 0.2) is 0 Å². The molecule has 0 amide bonds. The quantitative estimate of drug-likeness (QED) is 0.595. The highest BCUT2D eigenvalue weighted by Crippen LogP contribution is 2.22. The summed E-state index contributed by atoms with van der Waals surface area (Å²) in [5.41, 5.74) is 0. The summed E-state index contributed by atoms with van der Waals surface area (Å²) in [6.45, 7) is 11.2. The molecule has 90 valence electrons. The van der Waals surface area contributed by atoms with Gasteiger partial charge in [-0.05, 0) is 18.1 Å². The van der Waals surface area contributed by atoms with Crippen LogP contribution in [0.2, 0.25) is 18.1 Å². The molecule has 2 nitrogen and oxygen atoms in total. The van der Waals surface area contributed by atoms with E-state index in [1.54, 1.807) is 0 Å². The summed E-state index contributed by atoms with van der Waals surface area (Å²) in [7, 11) is -1.49. The number of rotatable bonds is 8. The van der Waals surface area contributed by atoms with E-state index in [1.807, 2.05) is 13.8 Å². The standard InChI is InChI=1S/C12H26O2Si/c1-6-12(13)11(5)10-14-15(7-2,8-3)9-4/h11H,6-10H2,1-5H3. The second kappa shape index (κ2) is 7.18. The van der Waals surface area contributed by atoms with Crippen molar-refractivity contribution in [1.82, 2.24) is 0 Å². The molecule has 0 aliphatic rings. The fraction of sp³-hybridized carbons (Fsp3) is 0.917. The Morgan fingerprint density at radius 2 is 1.60 bits per heavy atom. The lowest BCUT2D eigenvalue weighted by Crippen LogP contribution is -2.38. The number of hydrogen-bond donors (Lipinski definition) is 0. The number of carbonyl (C=O) groups is 1. The molecule has 0 heterocycles. The van der Waals surface area contributed by atoms with Crippen LogP contribution < -0.4 is 0 Å². The molecule has 0 spiro atoms. The first-order valence-electron chi connectivity index (χ1n) is 6.21. The third-order valence-corrected chi connectivity index (χ3v) is 8.12. The van der Waals surface area contributed by atoms with E-state index in [0.29, 0.717) is 18.8 Å². The third kappa shape index (κ3) is 4.47. The molecule has 0 saturated heterocycles. The van der Waals surface area contributed by atoms with Gasteiger partial charge in [-0.2, -0.15) is 0 Å². The Morgan fingerprint density at radius 1 is 1.13 bits per heavy atom. The molecule has 0 bridgehead atoms. The maximum Gasteiger partial charge on any atom is 0.192 e. The van der Waals surface area contributed by atoms with Gasteiger partial charge in [0.15, 0.2) is 8.32 Å². The predicted octanol–water partition coefficient (Wildman–Crippen LogP) is 3.62. The molecule has 1 unspecified atom stereocenters. The molecule has 0 N–H and O–H groups in total. The molecule has 0 aromatic carbocycles. The lowest BCUT2D eigenvalue weighted by atomic mass is 10.1. The number of ketones is 1. The van der Waals surface area contributed by atoms with Crippen molar-refractivity contribution in [1.29, 1.82) is 0 Å². The van der Waals surface area contributed by atoms with Crippen LogP contribution in [0.25, 0.3) is 0 Å². The molecule has 1 atom stereocenters. The summed E-state index contributed by atoms with van der Waals surface area (Å²) in [6.07, 6.45) is 0.628. The SMILES string of the molecule is CCC(=O)C(C)CO[Si](CC)(CC)CC. The van der Waals surface area contributed by atoms with Gasteiger partial charge in [-0.3, -0.25) is 4.79 Å². The smallest absolute Gasteiger partial charge is 0.192 e. The normalized spacial score (nSPS) is 13.9. The number of carbonyl (C=O) groups excluding carboxylic acids is 1. The topological polar surface area (TPSA) is 26.3 Å². The highest BCUT2D eigenvalue weighted by molar-refractivity contribution is 6.73. The molecule has 0 aliphatic carbocycles. The Hall–Kier alpha value is -0.153. The molecule has 0 fully saturated rings. The van der Waals surface area contributed by atoms with Crippen LogP contribution in [-0.2, 0) is 9.22 Å². The number of Topliss-reactive ketones (excluding diaryl/α,β-unsaturated/α-hetero) is 1. The van der Waals surface area contributed by atoms with Gasteiger partial charge in [0, 0.05) is 18.9 Å². The Morgan fingerprint density at radius 3 is 1.93 bits per heavy atom. The van der Waals surface area contributed by atoms with Crippen LogP contribution in [0.5, 0.6) is 0 Å². The molecule has 0 aromatic rings. The van der Waals surface area contributed by atoms with Crippen molar-refractivity contribution in [3.05, 3.63) is 0 Å². The summed E-state index contributed by atoms with van der Waals surface area (Å²) in [5.74, 6) is 0.396. The van der Waals surface area contributed by atoms with Crippen molar-refractivity contribution in [3.8, 4) is 0 Å². The second-order valence-electron chi connectivity index (χ2n) is 4.28. The average Bonchev–Trinajstić information content (AvgIpc) is 2.30. The highest BCUT2D eigenvalue weighted by atomic mass is 28.4. The molecular formula is C12H26O2Si. The number of hydrogen-bond acceptors (Lipinski definition) is 2. The van der Waals surface area contributed by atoms with Gasteiger partial charge < -0.3 is 4.43 Å². The van der Waals surface area contributed by atoms with Gasteiger partial charge in [0.05, 0.1) is 0 Å². The summed E-state index contributed by atoms with van der Waals surface area (Å²) in [4.78, 5) is 11.4. The molecule has 0 aliphatic heterocycles. The highest BCUT2D eigenvalue weighted by Gasteiger charge is 2.29. The molecule has 15 heavy (non-hydrogen) atoms. The lowest BCUT2D eigenvalue weighted by molar-refractivity contribution is -0.122. The maximum absolute atomic E-state index is 11.4. The molecule has 0 aromatic heterocycles. The van der Waals surface area contributed by atoms with E-state index in [-0.39, 0.29) is 5.92 Å². The second-order valence-corrected chi connectivity index (χ2v) is 9.05. The summed E-state index contributed by atoms with van der Waals surface area (Å²) < 4.78 is 6.08. The van der Waals surface area contributed by atoms with Gasteiger partial charge in [0.2, 0.25) is 0 Å². The van der Waals surface area contributed by atoms with E-state index in [4.69, 9.17) is 4.43 Å². The van der Waals surface area contributed by atoms with Gasteiger partial charge in [-0.25, -0.2) is 0 Å². The van der Waals surface area contributed by atoms with Gasteiger partial charge >= 0.3 is 0 Å². The van der Waals surface area contributed by atoms with Crippen molar-refractivity contribution in [2.45, 2.75) is 59.2 Å². The largest absolute Gasteiger partial charge is 0.416 e. The Labute approximate surface area is 95.5 Å². The van der Waals surface area contributed by atoms with Gasteiger partial charge in [-0.1, -0.05) is 34.6 Å². The first-order valence-corrected chi connectivity index (χ1v) is 8.74. The molecule has 0 saturated carbocycles. The van der Waals surface area contributed by atoms with Crippen molar-refractivity contribution in [2.24, 2.45) is 5.92 Å². The monoisotopic (exact) mass is 230 g/mol. The molecule has 0 rings (SSSR count). The van der Waals surface area contributed by atoms with Crippen LogP contribution in [0.4, 0.5) is 0 Å². The van der Waals surface area contributed by atoms with E-state index in [1.165, 1.54) is 0 Å². The van der Waals surface area contributed by atoms with Crippen molar-refractivity contribution < 1.29 is 9.22 Å². The summed E-state index contributed by atoms with van der Waals surface area (Å²) in [5, 5.41) is 0. The van der Waals surface area contributed by atoms with E-state index >= 15 is 0 Å². The Balaban J connectivity index is 4.16. The van der Waals surface area contributed by atoms with Crippen LogP contribution in [-0.4, -0.2) is 20.7 Å². The van der Waals surface area contributed by atoms with Gasteiger partial charge in [0.25, 0.3) is 0 Å². The zero-order valence-corrected chi connectivity index (χ0v) is 11.9. The van der Waals surface area contributed by atoms with E-state index in [2.05, 4.69) is 20.8 Å². The first-order chi connectivity index (χ1) is 7.05. The average molecular weight is 230 g/mol. The molecule has 3 heteroatoms. The van der Waals surface area contributed by atoms with Gasteiger partial charge in [0.1, 0.15) is 5.78 Å². The van der Waals surface area contributed by atoms with Crippen molar-refractivity contribution in [3.63, 3.8) is 0 Å². The maximum atomic E-state index is 11.4. The van der Waals surface area contributed by atoms with Gasteiger partial charge in [-0.15, -0.1) is 0 Å². The van der Waals surface area contributed by atoms with Crippen molar-refractivity contribution >= 4 is 14.1 Å². The molecular weight excluding hydrogens is 204 g/mol. The third-order valence-electron chi connectivity index (χ3n) is 3.47. The molecule has 0 radical (unpaired) electrons. The van der Waals surface area contributed by atoms with Crippen LogP contribution in [0.1, 0.15) is 41.0 Å². The van der Waals surface area contributed by atoms with E-state index < -0.39 is 8.32 Å². The fourth-order valence-corrected chi connectivity index (χ4v) is 4.52. The lowest BCUT2D eigenvalue weighted by Gasteiger charge is -2.29. The minimum Gasteiger partial charge on any atom is -0.416 e. The van der Waals surface area contributed by atoms with Crippen LogP contribution in [0, 0.1) is 5.92 Å². The summed E-state index contributed by atoms with van der Waals surface area (Å²) >= 11 is 0. The van der Waals surface area contributed by atoms with Crippen LogP contribution >= 0.6 is 0 Å². The minimum atomic E-state index is -1.49. The minimum absolute atomic E-state index is 0.0755. The Kier molecular flexibility index (Phi) is 7.10. The zero-order valence-electron chi connectivity index (χ0n) is 10.9. The van der Waals surface area contributed by atoms with Crippen LogP contribution in [0.3, 0.4) is 0 Å². The first kappa shape index (κ1) is 14.8. The zero-order chi connectivity index (χ0) is 11.9. The van der Waals surface area contributed by atoms with E-state index in [9.17, 15) is 4.79 Å². The van der Waals surface area contributed by atoms with Crippen molar-refractivity contribution in [2.75, 3.05) is 6.61 Å².